The van der Waals surface area contributed by atoms with E-state index in [0.717, 1.165) is 0 Å². The molecular formula is C4H10O4S2. The standard InChI is InChI=1S/C4H10O4S2/c5-3-4(9)1-2-10(6,7)8/h4-5,9H,1-3H2,(H,6,7,8). The molecule has 1 atom stereocenters. The summed E-state index contributed by atoms with van der Waals surface area (Å²) in [5.74, 6) is -0.346. The van der Waals surface area contributed by atoms with Gasteiger partial charge in [-0.2, -0.15) is 21.0 Å². The van der Waals surface area contributed by atoms with Crippen molar-refractivity contribution in [3.8, 4) is 0 Å². The van der Waals surface area contributed by atoms with Gasteiger partial charge in [0.15, 0.2) is 0 Å². The summed E-state index contributed by atoms with van der Waals surface area (Å²) < 4.78 is 28.4. The number of hydrogen-bond donors (Lipinski definition) is 3. The molecule has 0 fully saturated rings. The van der Waals surface area contributed by atoms with Crippen LogP contribution in [0.25, 0.3) is 0 Å². The molecule has 2 N–H and O–H groups in total. The van der Waals surface area contributed by atoms with Crippen LogP contribution in [-0.2, 0) is 10.1 Å². The van der Waals surface area contributed by atoms with Crippen LogP contribution in [-0.4, -0.2) is 35.7 Å². The van der Waals surface area contributed by atoms with Crippen LogP contribution in [0.5, 0.6) is 0 Å². The van der Waals surface area contributed by atoms with Gasteiger partial charge < -0.3 is 5.11 Å². The molecule has 0 saturated heterocycles. The molecule has 0 bridgehead atoms. The molecule has 0 aromatic carbocycles. The largest absolute Gasteiger partial charge is 0.395 e. The summed E-state index contributed by atoms with van der Waals surface area (Å²) in [5, 5.41) is 8.01. The first-order valence-electron chi connectivity index (χ1n) is 2.70. The molecule has 0 rings (SSSR count). The molecule has 0 aromatic rings. The second-order valence-electron chi connectivity index (χ2n) is 1.91. The van der Waals surface area contributed by atoms with Gasteiger partial charge in [-0.05, 0) is 6.42 Å². The molecule has 0 radical (unpaired) electrons. The Bertz CT molecular complexity index is 174. The maximum atomic E-state index is 10.1. The van der Waals surface area contributed by atoms with Crippen molar-refractivity contribution in [3.63, 3.8) is 0 Å². The number of rotatable bonds is 4. The molecule has 0 aliphatic rings. The Morgan fingerprint density at radius 2 is 2.00 bits per heavy atom. The lowest BCUT2D eigenvalue weighted by Crippen LogP contribution is -2.12. The van der Waals surface area contributed by atoms with E-state index in [0.29, 0.717) is 0 Å². The van der Waals surface area contributed by atoms with E-state index in [-0.39, 0.29) is 24.0 Å². The van der Waals surface area contributed by atoms with Crippen molar-refractivity contribution in [1.29, 1.82) is 0 Å². The minimum absolute atomic E-state index is 0.165. The topological polar surface area (TPSA) is 74.6 Å². The lowest BCUT2D eigenvalue weighted by Gasteiger charge is -2.03. The van der Waals surface area contributed by atoms with Crippen LogP contribution < -0.4 is 0 Å². The summed E-state index contributed by atoms with van der Waals surface area (Å²) in [5.41, 5.74) is 0. The summed E-state index contributed by atoms with van der Waals surface area (Å²) in [6.07, 6.45) is 0.165. The SMILES string of the molecule is O=S(=O)(O)CCC(S)CO. The van der Waals surface area contributed by atoms with Crippen LogP contribution in [0.1, 0.15) is 6.42 Å². The highest BCUT2D eigenvalue weighted by Crippen LogP contribution is 2.01. The summed E-state index contributed by atoms with van der Waals surface area (Å²) in [6.45, 7) is -0.182. The Morgan fingerprint density at radius 3 is 2.30 bits per heavy atom. The van der Waals surface area contributed by atoms with Crippen LogP contribution in [0.4, 0.5) is 0 Å². The summed E-state index contributed by atoms with van der Waals surface area (Å²) in [6, 6.07) is 0. The van der Waals surface area contributed by atoms with Crippen molar-refractivity contribution >= 4 is 22.7 Å². The first kappa shape index (κ1) is 10.2. The zero-order chi connectivity index (χ0) is 8.20. The second-order valence-corrected chi connectivity index (χ2v) is 4.21. The van der Waals surface area contributed by atoms with E-state index >= 15 is 0 Å². The first-order chi connectivity index (χ1) is 4.45. The monoisotopic (exact) mass is 186 g/mol. The van der Waals surface area contributed by atoms with E-state index in [4.69, 9.17) is 9.66 Å². The molecular weight excluding hydrogens is 176 g/mol. The van der Waals surface area contributed by atoms with Gasteiger partial charge in [0, 0.05) is 5.25 Å². The van der Waals surface area contributed by atoms with Crippen LogP contribution in [0.3, 0.4) is 0 Å². The van der Waals surface area contributed by atoms with E-state index in [1.807, 2.05) is 0 Å². The van der Waals surface area contributed by atoms with Crippen molar-refractivity contribution in [2.24, 2.45) is 0 Å². The normalized spacial score (nSPS) is 15.1. The Labute approximate surface area is 65.4 Å². The highest BCUT2D eigenvalue weighted by Gasteiger charge is 2.08. The lowest BCUT2D eigenvalue weighted by molar-refractivity contribution is 0.293. The fourth-order valence-corrected chi connectivity index (χ4v) is 1.26. The fraction of sp³-hybridized carbons (Fsp3) is 1.00. The van der Waals surface area contributed by atoms with E-state index < -0.39 is 10.1 Å². The first-order valence-corrected chi connectivity index (χ1v) is 4.82. The number of aliphatic hydroxyl groups excluding tert-OH is 1. The Morgan fingerprint density at radius 1 is 1.50 bits per heavy atom. The molecule has 10 heavy (non-hydrogen) atoms. The molecule has 0 spiro atoms. The molecule has 0 saturated carbocycles. The van der Waals surface area contributed by atoms with Crippen molar-refractivity contribution in [2.45, 2.75) is 11.7 Å². The van der Waals surface area contributed by atoms with Gasteiger partial charge in [0.05, 0.1) is 12.4 Å². The van der Waals surface area contributed by atoms with Crippen LogP contribution in [0.2, 0.25) is 0 Å². The average molecular weight is 186 g/mol. The van der Waals surface area contributed by atoms with Gasteiger partial charge in [0.25, 0.3) is 10.1 Å². The molecule has 0 aliphatic heterocycles. The summed E-state index contributed by atoms with van der Waals surface area (Å²) >= 11 is 3.82. The zero-order valence-corrected chi connectivity index (χ0v) is 6.98. The van der Waals surface area contributed by atoms with Crippen molar-refractivity contribution in [3.05, 3.63) is 0 Å². The summed E-state index contributed by atoms with van der Waals surface area (Å²) in [7, 11) is -3.89. The molecule has 62 valence electrons. The van der Waals surface area contributed by atoms with Crippen molar-refractivity contribution in [2.75, 3.05) is 12.4 Å². The van der Waals surface area contributed by atoms with Crippen LogP contribution in [0.15, 0.2) is 0 Å². The third kappa shape index (κ3) is 6.34. The molecule has 6 heteroatoms. The Balaban J connectivity index is 3.56. The van der Waals surface area contributed by atoms with Crippen molar-refractivity contribution < 1.29 is 18.1 Å². The van der Waals surface area contributed by atoms with Gasteiger partial charge in [-0.3, -0.25) is 4.55 Å². The van der Waals surface area contributed by atoms with Gasteiger partial charge in [0.1, 0.15) is 0 Å². The van der Waals surface area contributed by atoms with Gasteiger partial charge in [-0.1, -0.05) is 0 Å². The maximum Gasteiger partial charge on any atom is 0.264 e. The van der Waals surface area contributed by atoms with Gasteiger partial charge in [-0.15, -0.1) is 0 Å². The molecule has 0 aliphatic carbocycles. The predicted molar refractivity (Wildman–Crippen MR) is 40.9 cm³/mol. The maximum absolute atomic E-state index is 10.1. The highest BCUT2D eigenvalue weighted by atomic mass is 32.2. The van der Waals surface area contributed by atoms with E-state index in [1.54, 1.807) is 0 Å². The van der Waals surface area contributed by atoms with Gasteiger partial charge in [-0.25, -0.2) is 0 Å². The Hall–Kier alpha value is 0.220. The minimum Gasteiger partial charge on any atom is -0.395 e. The van der Waals surface area contributed by atoms with E-state index in [2.05, 4.69) is 12.6 Å². The minimum atomic E-state index is -3.89. The molecule has 1 unspecified atom stereocenters. The summed E-state index contributed by atoms with van der Waals surface area (Å²) in [4.78, 5) is 0. The zero-order valence-electron chi connectivity index (χ0n) is 5.27. The quantitative estimate of drug-likeness (QED) is 0.411. The van der Waals surface area contributed by atoms with E-state index in [1.165, 1.54) is 0 Å². The smallest absolute Gasteiger partial charge is 0.264 e. The molecule has 0 amide bonds. The van der Waals surface area contributed by atoms with Crippen LogP contribution in [0, 0.1) is 0 Å². The fourth-order valence-electron chi connectivity index (χ4n) is 0.376. The lowest BCUT2D eigenvalue weighted by atomic mass is 10.3. The Kier molecular flexibility index (Phi) is 4.26. The predicted octanol–water partition coefficient (Wildman–Crippen LogP) is -0.445. The van der Waals surface area contributed by atoms with Gasteiger partial charge in [0.2, 0.25) is 0 Å². The molecule has 0 heterocycles. The van der Waals surface area contributed by atoms with Crippen molar-refractivity contribution in [1.82, 2.24) is 0 Å². The van der Waals surface area contributed by atoms with Crippen LogP contribution >= 0.6 is 12.6 Å². The third-order valence-electron chi connectivity index (χ3n) is 0.920. The van der Waals surface area contributed by atoms with Gasteiger partial charge >= 0.3 is 0 Å². The second kappa shape index (κ2) is 4.17. The number of thiol groups is 1. The molecule has 4 nitrogen and oxygen atoms in total. The molecule has 0 aromatic heterocycles. The average Bonchev–Trinajstić information content (AvgIpc) is 1.81. The number of hydrogen-bond acceptors (Lipinski definition) is 4. The van der Waals surface area contributed by atoms with E-state index in [9.17, 15) is 8.42 Å². The highest BCUT2D eigenvalue weighted by molar-refractivity contribution is 7.85. The third-order valence-corrected chi connectivity index (χ3v) is 2.09. The number of aliphatic hydroxyl groups is 1.